The van der Waals surface area contributed by atoms with Crippen LogP contribution in [0.2, 0.25) is 0 Å². The number of carboxylic acids is 1. The van der Waals surface area contributed by atoms with E-state index in [1.54, 1.807) is 6.08 Å². The normalized spacial score (nSPS) is 10.2. The molecule has 4 nitrogen and oxygen atoms in total. The van der Waals surface area contributed by atoms with Gasteiger partial charge in [-0.25, -0.2) is 0 Å². The van der Waals surface area contributed by atoms with Crippen molar-refractivity contribution < 1.29 is 19.4 Å². The smallest absolute Gasteiger partial charge is 0.303 e. The second-order valence-electron chi connectivity index (χ2n) is 2.56. The summed E-state index contributed by atoms with van der Waals surface area (Å²) in [6.45, 7) is 1.61. The van der Waals surface area contributed by atoms with Crippen molar-refractivity contribution in [3.63, 3.8) is 0 Å². The van der Waals surface area contributed by atoms with Crippen molar-refractivity contribution >= 4 is 11.9 Å². The first-order valence-corrected chi connectivity index (χ1v) is 4.13. The first-order valence-electron chi connectivity index (χ1n) is 4.13. The van der Waals surface area contributed by atoms with Crippen LogP contribution in [0.4, 0.5) is 0 Å². The van der Waals surface area contributed by atoms with E-state index in [1.807, 2.05) is 6.08 Å². The molecule has 0 atom stereocenters. The van der Waals surface area contributed by atoms with Gasteiger partial charge in [0.1, 0.15) is 6.61 Å². The Morgan fingerprint density at radius 3 is 2.62 bits per heavy atom. The fourth-order valence-corrected chi connectivity index (χ4v) is 0.722. The van der Waals surface area contributed by atoms with Gasteiger partial charge in [-0.05, 0) is 12.8 Å². The Balaban J connectivity index is 3.22. The second-order valence-corrected chi connectivity index (χ2v) is 2.56. The summed E-state index contributed by atoms with van der Waals surface area (Å²) in [6, 6.07) is 0. The van der Waals surface area contributed by atoms with Gasteiger partial charge < -0.3 is 9.84 Å². The molecule has 0 aromatic heterocycles. The van der Waals surface area contributed by atoms with Crippen LogP contribution in [0.5, 0.6) is 0 Å². The predicted molar refractivity (Wildman–Crippen MR) is 47.3 cm³/mol. The van der Waals surface area contributed by atoms with Gasteiger partial charge in [0.2, 0.25) is 0 Å². The zero-order chi connectivity index (χ0) is 10.1. The highest BCUT2D eigenvalue weighted by atomic mass is 16.5. The summed E-state index contributed by atoms with van der Waals surface area (Å²) in [5.41, 5.74) is 0. The fourth-order valence-electron chi connectivity index (χ4n) is 0.722. The average Bonchev–Trinajstić information content (AvgIpc) is 2.01. The van der Waals surface area contributed by atoms with E-state index >= 15 is 0 Å². The molecular weight excluding hydrogens is 172 g/mol. The van der Waals surface area contributed by atoms with E-state index in [0.717, 1.165) is 0 Å². The van der Waals surface area contributed by atoms with Crippen molar-refractivity contribution in [2.75, 3.05) is 6.61 Å². The van der Waals surface area contributed by atoms with Crippen LogP contribution in [-0.4, -0.2) is 23.7 Å². The van der Waals surface area contributed by atoms with Gasteiger partial charge >= 0.3 is 11.9 Å². The quantitative estimate of drug-likeness (QED) is 0.386. The fraction of sp³-hybridized carbons (Fsp3) is 0.556. The Morgan fingerprint density at radius 2 is 2.08 bits per heavy atom. The molecule has 0 saturated carbocycles. The average molecular weight is 186 g/mol. The highest BCUT2D eigenvalue weighted by Gasteiger charge is 1.93. The van der Waals surface area contributed by atoms with Crippen LogP contribution < -0.4 is 0 Å². The van der Waals surface area contributed by atoms with Gasteiger partial charge in [-0.3, -0.25) is 9.59 Å². The maximum absolute atomic E-state index is 10.3. The molecule has 0 heterocycles. The highest BCUT2D eigenvalue weighted by Crippen LogP contribution is 1.96. The molecule has 0 aromatic carbocycles. The molecule has 0 amide bonds. The number of rotatable bonds is 6. The van der Waals surface area contributed by atoms with Gasteiger partial charge in [0.25, 0.3) is 0 Å². The van der Waals surface area contributed by atoms with Gasteiger partial charge in [0, 0.05) is 13.3 Å². The highest BCUT2D eigenvalue weighted by molar-refractivity contribution is 5.66. The summed E-state index contributed by atoms with van der Waals surface area (Å²) >= 11 is 0. The second kappa shape index (κ2) is 7.34. The molecule has 0 aliphatic carbocycles. The van der Waals surface area contributed by atoms with E-state index in [4.69, 9.17) is 5.11 Å². The molecular formula is C9H14O4. The minimum absolute atomic E-state index is 0.178. The summed E-state index contributed by atoms with van der Waals surface area (Å²) in [7, 11) is 0. The maximum atomic E-state index is 10.3. The van der Waals surface area contributed by atoms with Crippen molar-refractivity contribution in [1.82, 2.24) is 0 Å². The number of carbonyl (C=O) groups is 2. The lowest BCUT2D eigenvalue weighted by Crippen LogP contribution is -1.97. The molecule has 0 aliphatic heterocycles. The minimum atomic E-state index is -0.784. The molecule has 0 fully saturated rings. The number of allylic oxidation sites excluding steroid dienone is 1. The maximum Gasteiger partial charge on any atom is 0.303 e. The van der Waals surface area contributed by atoms with E-state index in [9.17, 15) is 9.59 Å². The van der Waals surface area contributed by atoms with Crippen LogP contribution >= 0.6 is 0 Å². The van der Waals surface area contributed by atoms with E-state index < -0.39 is 5.97 Å². The third-order valence-electron chi connectivity index (χ3n) is 1.31. The number of hydrogen-bond acceptors (Lipinski definition) is 3. The Morgan fingerprint density at radius 1 is 1.38 bits per heavy atom. The molecule has 0 spiro atoms. The lowest BCUT2D eigenvalue weighted by atomic mass is 10.2. The van der Waals surface area contributed by atoms with Crippen molar-refractivity contribution in [3.8, 4) is 0 Å². The van der Waals surface area contributed by atoms with Gasteiger partial charge in [-0.1, -0.05) is 12.2 Å². The summed E-state index contributed by atoms with van der Waals surface area (Å²) < 4.78 is 4.63. The molecule has 0 rings (SSSR count). The van der Waals surface area contributed by atoms with Crippen LogP contribution in [-0.2, 0) is 14.3 Å². The molecule has 4 heteroatoms. The Hall–Kier alpha value is -1.32. The van der Waals surface area contributed by atoms with Gasteiger partial charge in [0.05, 0.1) is 0 Å². The van der Waals surface area contributed by atoms with Gasteiger partial charge in [0.15, 0.2) is 0 Å². The van der Waals surface area contributed by atoms with Crippen molar-refractivity contribution in [2.24, 2.45) is 0 Å². The third-order valence-corrected chi connectivity index (χ3v) is 1.31. The molecule has 0 aromatic rings. The molecule has 0 bridgehead atoms. The number of esters is 1. The SMILES string of the molecule is CC(=O)OC/C=C/CCCC(=O)O. The monoisotopic (exact) mass is 186 g/mol. The number of unbranched alkanes of at least 4 members (excludes halogenated alkanes) is 1. The third kappa shape index (κ3) is 10.7. The molecule has 0 saturated heterocycles. The van der Waals surface area contributed by atoms with E-state index in [1.165, 1.54) is 6.92 Å². The Kier molecular flexibility index (Phi) is 6.59. The topological polar surface area (TPSA) is 63.6 Å². The lowest BCUT2D eigenvalue weighted by Gasteiger charge is -1.94. The summed E-state index contributed by atoms with van der Waals surface area (Å²) in [6.07, 6.45) is 5.02. The predicted octanol–water partition coefficient (Wildman–Crippen LogP) is 1.36. The van der Waals surface area contributed by atoms with Crippen LogP contribution in [0.25, 0.3) is 0 Å². The summed E-state index contributed by atoms with van der Waals surface area (Å²) in [4.78, 5) is 20.4. The number of hydrogen-bond donors (Lipinski definition) is 1. The minimum Gasteiger partial charge on any atom is -0.481 e. The number of ether oxygens (including phenoxy) is 1. The van der Waals surface area contributed by atoms with E-state index in [2.05, 4.69) is 4.74 Å². The lowest BCUT2D eigenvalue weighted by molar-refractivity contribution is -0.140. The number of aliphatic carboxylic acids is 1. The van der Waals surface area contributed by atoms with Crippen molar-refractivity contribution in [1.29, 1.82) is 0 Å². The first kappa shape index (κ1) is 11.7. The van der Waals surface area contributed by atoms with Crippen LogP contribution in [0, 0.1) is 0 Å². The molecule has 74 valence electrons. The van der Waals surface area contributed by atoms with Gasteiger partial charge in [-0.15, -0.1) is 0 Å². The number of carbonyl (C=O) groups excluding carboxylic acids is 1. The largest absolute Gasteiger partial charge is 0.481 e. The molecule has 1 N–H and O–H groups in total. The first-order chi connectivity index (χ1) is 6.13. The van der Waals surface area contributed by atoms with E-state index in [0.29, 0.717) is 12.8 Å². The van der Waals surface area contributed by atoms with Crippen LogP contribution in [0.15, 0.2) is 12.2 Å². The Bertz CT molecular complexity index is 196. The molecule has 0 radical (unpaired) electrons. The summed E-state index contributed by atoms with van der Waals surface area (Å²) in [5, 5.41) is 8.30. The van der Waals surface area contributed by atoms with Gasteiger partial charge in [-0.2, -0.15) is 0 Å². The zero-order valence-electron chi connectivity index (χ0n) is 7.66. The van der Waals surface area contributed by atoms with E-state index in [-0.39, 0.29) is 19.0 Å². The molecule has 0 unspecified atom stereocenters. The zero-order valence-corrected chi connectivity index (χ0v) is 7.66. The van der Waals surface area contributed by atoms with Crippen molar-refractivity contribution in [3.05, 3.63) is 12.2 Å². The van der Waals surface area contributed by atoms with Crippen molar-refractivity contribution in [2.45, 2.75) is 26.2 Å². The van der Waals surface area contributed by atoms with Crippen LogP contribution in [0.3, 0.4) is 0 Å². The summed E-state index contributed by atoms with van der Waals surface area (Å²) in [5.74, 6) is -1.09. The molecule has 13 heavy (non-hydrogen) atoms. The standard InChI is InChI=1S/C9H14O4/c1-8(10)13-7-5-3-2-4-6-9(11)12/h3,5H,2,4,6-7H2,1H3,(H,11,12)/b5-3+. The molecule has 0 aliphatic rings. The Labute approximate surface area is 77.2 Å². The number of carboxylic acid groups (broad SMARTS) is 1. The van der Waals surface area contributed by atoms with Crippen LogP contribution in [0.1, 0.15) is 26.2 Å².